The summed E-state index contributed by atoms with van der Waals surface area (Å²) in [6.45, 7) is 9.00. The van der Waals surface area contributed by atoms with Gasteiger partial charge in [0.1, 0.15) is 6.73 Å². The molecule has 24 heavy (non-hydrogen) atoms. The fraction of sp³-hybridized carbons (Fsp3) is 0.286. The Kier molecular flexibility index (Phi) is 4.81. The summed E-state index contributed by atoms with van der Waals surface area (Å²) in [5.41, 5.74) is 6.35. The van der Waals surface area contributed by atoms with Crippen LogP contribution < -0.4 is 5.32 Å². The maximum absolute atomic E-state index is 12.4. The van der Waals surface area contributed by atoms with E-state index in [0.717, 1.165) is 12.0 Å². The van der Waals surface area contributed by atoms with Gasteiger partial charge in [-0.05, 0) is 40.2 Å². The van der Waals surface area contributed by atoms with Gasteiger partial charge < -0.3 is 10.1 Å². The summed E-state index contributed by atoms with van der Waals surface area (Å²) in [6.07, 6.45) is 0.845. The van der Waals surface area contributed by atoms with Crippen LogP contribution in [0.15, 0.2) is 49.0 Å². The average Bonchev–Trinajstić information content (AvgIpc) is 2.96. The van der Waals surface area contributed by atoms with Crippen molar-refractivity contribution < 1.29 is 9.53 Å². The largest absolute Gasteiger partial charge is 0.361 e. The van der Waals surface area contributed by atoms with Gasteiger partial charge in [-0.1, -0.05) is 62.9 Å². The lowest BCUT2D eigenvalue weighted by Crippen LogP contribution is -2.27. The van der Waals surface area contributed by atoms with E-state index >= 15 is 0 Å². The molecule has 0 unspecified atom stereocenters. The van der Waals surface area contributed by atoms with Crippen LogP contribution in [0.1, 0.15) is 30.5 Å². The highest BCUT2D eigenvalue weighted by molar-refractivity contribution is 6.19. The second kappa shape index (κ2) is 7.02. The predicted molar refractivity (Wildman–Crippen MR) is 97.5 cm³/mol. The van der Waals surface area contributed by atoms with Crippen molar-refractivity contribution in [3.8, 4) is 11.1 Å². The van der Waals surface area contributed by atoms with Crippen LogP contribution in [0.4, 0.5) is 0 Å². The first kappa shape index (κ1) is 16.5. The van der Waals surface area contributed by atoms with Gasteiger partial charge in [0.05, 0.1) is 6.61 Å². The third kappa shape index (κ3) is 3.26. The first-order chi connectivity index (χ1) is 11.6. The summed E-state index contributed by atoms with van der Waals surface area (Å²) in [5, 5.41) is 2.79. The van der Waals surface area contributed by atoms with Gasteiger partial charge in [-0.2, -0.15) is 0 Å². The summed E-state index contributed by atoms with van der Waals surface area (Å²) in [5.74, 6) is 0.268. The first-order valence-corrected chi connectivity index (χ1v) is 8.33. The number of fused-ring (bicyclic) bond motifs is 3. The highest BCUT2D eigenvalue weighted by atomic mass is 16.5. The molecule has 124 valence electrons. The second-order valence-electron chi connectivity index (χ2n) is 6.56. The van der Waals surface area contributed by atoms with Crippen molar-refractivity contribution in [1.82, 2.24) is 5.32 Å². The number of ether oxygens (including phenoxy) is 1. The standard InChI is InChI=1S/C21H23NO2/c1-14(2)12-24-13-22-21(23)15(3)17-9-6-10-19-18-8-5-4-7-16(18)11-20(17)19/h4-10,14H,3,11-13H2,1-2H3,(H,22,23). The molecule has 3 rings (SSSR count). The molecule has 3 heteroatoms. The Morgan fingerprint density at radius 3 is 2.71 bits per heavy atom. The number of rotatable bonds is 6. The summed E-state index contributed by atoms with van der Waals surface area (Å²) >= 11 is 0. The van der Waals surface area contributed by atoms with Gasteiger partial charge in [0.2, 0.25) is 0 Å². The molecule has 1 amide bonds. The van der Waals surface area contributed by atoms with Crippen LogP contribution in [0.2, 0.25) is 0 Å². The van der Waals surface area contributed by atoms with Crippen molar-refractivity contribution in [2.45, 2.75) is 20.3 Å². The number of hydrogen-bond acceptors (Lipinski definition) is 2. The molecular formula is C21H23NO2. The minimum Gasteiger partial charge on any atom is -0.361 e. The van der Waals surface area contributed by atoms with Crippen molar-refractivity contribution in [3.05, 3.63) is 65.7 Å². The Morgan fingerprint density at radius 1 is 1.17 bits per heavy atom. The molecule has 0 saturated heterocycles. The maximum atomic E-state index is 12.4. The van der Waals surface area contributed by atoms with E-state index in [9.17, 15) is 4.79 Å². The molecule has 0 radical (unpaired) electrons. The van der Waals surface area contributed by atoms with E-state index in [1.54, 1.807) is 0 Å². The fourth-order valence-corrected chi connectivity index (χ4v) is 3.08. The Labute approximate surface area is 143 Å². The Bertz CT molecular complexity index is 777. The molecule has 0 atom stereocenters. The lowest BCUT2D eigenvalue weighted by molar-refractivity contribution is -0.117. The third-order valence-electron chi connectivity index (χ3n) is 4.24. The minimum atomic E-state index is -0.178. The lowest BCUT2D eigenvalue weighted by atomic mass is 9.96. The molecular weight excluding hydrogens is 298 g/mol. The van der Waals surface area contributed by atoms with E-state index in [2.05, 4.69) is 50.0 Å². The first-order valence-electron chi connectivity index (χ1n) is 8.33. The molecule has 0 aliphatic heterocycles. The van der Waals surface area contributed by atoms with Gasteiger partial charge in [-0.15, -0.1) is 0 Å². The zero-order valence-electron chi connectivity index (χ0n) is 14.3. The van der Waals surface area contributed by atoms with E-state index in [-0.39, 0.29) is 12.6 Å². The summed E-state index contributed by atoms with van der Waals surface area (Å²) in [7, 11) is 0. The van der Waals surface area contributed by atoms with Gasteiger partial charge in [-0.3, -0.25) is 4.79 Å². The van der Waals surface area contributed by atoms with Crippen molar-refractivity contribution in [2.24, 2.45) is 5.92 Å². The molecule has 2 aromatic rings. The van der Waals surface area contributed by atoms with E-state index in [1.165, 1.54) is 22.3 Å². The van der Waals surface area contributed by atoms with Crippen LogP contribution in [0, 0.1) is 5.92 Å². The summed E-state index contributed by atoms with van der Waals surface area (Å²) in [6, 6.07) is 14.5. The molecule has 0 aromatic heterocycles. The fourth-order valence-electron chi connectivity index (χ4n) is 3.08. The molecule has 0 spiro atoms. The molecule has 1 N–H and O–H groups in total. The van der Waals surface area contributed by atoms with E-state index in [4.69, 9.17) is 4.74 Å². The van der Waals surface area contributed by atoms with Crippen molar-refractivity contribution >= 4 is 11.5 Å². The van der Waals surface area contributed by atoms with Crippen LogP contribution in [-0.2, 0) is 16.0 Å². The zero-order chi connectivity index (χ0) is 17.1. The van der Waals surface area contributed by atoms with Gasteiger partial charge in [0.15, 0.2) is 0 Å². The lowest BCUT2D eigenvalue weighted by Gasteiger charge is -2.13. The van der Waals surface area contributed by atoms with Gasteiger partial charge in [0, 0.05) is 5.57 Å². The zero-order valence-corrected chi connectivity index (χ0v) is 14.3. The van der Waals surface area contributed by atoms with Gasteiger partial charge >= 0.3 is 0 Å². The predicted octanol–water partition coefficient (Wildman–Crippen LogP) is 4.02. The summed E-state index contributed by atoms with van der Waals surface area (Å²) < 4.78 is 5.42. The Balaban J connectivity index is 1.74. The highest BCUT2D eigenvalue weighted by Crippen LogP contribution is 2.39. The topological polar surface area (TPSA) is 38.3 Å². The monoisotopic (exact) mass is 321 g/mol. The molecule has 3 nitrogen and oxygen atoms in total. The van der Waals surface area contributed by atoms with E-state index in [1.807, 2.05) is 18.2 Å². The van der Waals surface area contributed by atoms with E-state index < -0.39 is 0 Å². The van der Waals surface area contributed by atoms with Gasteiger partial charge in [0.25, 0.3) is 5.91 Å². The Morgan fingerprint density at radius 2 is 1.92 bits per heavy atom. The third-order valence-corrected chi connectivity index (χ3v) is 4.24. The van der Waals surface area contributed by atoms with Crippen LogP contribution in [-0.4, -0.2) is 19.2 Å². The van der Waals surface area contributed by atoms with Crippen LogP contribution >= 0.6 is 0 Å². The molecule has 0 bridgehead atoms. The summed E-state index contributed by atoms with van der Waals surface area (Å²) in [4.78, 5) is 12.4. The number of benzene rings is 2. The average molecular weight is 321 g/mol. The smallest absolute Gasteiger partial charge is 0.253 e. The normalized spacial score (nSPS) is 12.0. The molecule has 0 saturated carbocycles. The number of carbonyl (C=O) groups excluding carboxylic acids is 1. The minimum absolute atomic E-state index is 0.178. The highest BCUT2D eigenvalue weighted by Gasteiger charge is 2.23. The maximum Gasteiger partial charge on any atom is 0.253 e. The number of carbonyl (C=O) groups is 1. The number of amides is 1. The quantitative estimate of drug-likeness (QED) is 0.423. The van der Waals surface area contributed by atoms with E-state index in [0.29, 0.717) is 18.1 Å². The molecule has 2 aromatic carbocycles. The van der Waals surface area contributed by atoms with Gasteiger partial charge in [-0.25, -0.2) is 0 Å². The molecule has 0 heterocycles. The second-order valence-corrected chi connectivity index (χ2v) is 6.56. The van der Waals surface area contributed by atoms with Crippen molar-refractivity contribution in [2.75, 3.05) is 13.3 Å². The molecule has 1 aliphatic rings. The Hall–Kier alpha value is -2.39. The van der Waals surface area contributed by atoms with Crippen molar-refractivity contribution in [1.29, 1.82) is 0 Å². The number of nitrogens with one attached hydrogen (secondary N) is 1. The van der Waals surface area contributed by atoms with Crippen LogP contribution in [0.3, 0.4) is 0 Å². The number of hydrogen-bond donors (Lipinski definition) is 1. The van der Waals surface area contributed by atoms with Crippen molar-refractivity contribution in [3.63, 3.8) is 0 Å². The SMILES string of the molecule is C=C(C(=O)NCOCC(C)C)c1cccc2c1Cc1ccccc1-2. The molecule has 1 aliphatic carbocycles. The molecule has 0 fully saturated rings. The van der Waals surface area contributed by atoms with Crippen LogP contribution in [0.25, 0.3) is 16.7 Å². The van der Waals surface area contributed by atoms with Crippen LogP contribution in [0.5, 0.6) is 0 Å².